The van der Waals surface area contributed by atoms with E-state index in [4.69, 9.17) is 20.2 Å². The zero-order chi connectivity index (χ0) is 25.0. The van der Waals surface area contributed by atoms with Gasteiger partial charge in [0.2, 0.25) is 1.43 Å². The third-order valence-corrected chi connectivity index (χ3v) is 13.3. The highest BCUT2D eigenvalue weighted by Crippen LogP contribution is 2.43. The summed E-state index contributed by atoms with van der Waals surface area (Å²) in [6, 6.07) is 11.1. The van der Waals surface area contributed by atoms with Crippen LogP contribution < -0.4 is 0 Å². The molecule has 0 amide bonds. The summed E-state index contributed by atoms with van der Waals surface area (Å²) in [6.45, 7) is 22.5. The van der Waals surface area contributed by atoms with Crippen LogP contribution in [0.15, 0.2) is 30.3 Å². The molecule has 1 aliphatic heterocycles. The minimum Gasteiger partial charge on any atom is -0.409 e. The maximum absolute atomic E-state index is 7.90. The van der Waals surface area contributed by atoms with Crippen LogP contribution >= 0.6 is 8.30 Å². The quantitative estimate of drug-likeness (QED) is 0.317. The second kappa shape index (κ2) is 11.4. The minimum absolute atomic E-state index is 0.0538. The highest BCUT2D eigenvalue weighted by atomic mass is 31.2. The van der Waals surface area contributed by atoms with Gasteiger partial charge in [-0.1, -0.05) is 51.1 Å². The molecule has 0 bridgehead atoms. The molecule has 1 aliphatic rings. The molecule has 1 aromatic rings. The predicted molar refractivity (Wildman–Crippen MR) is 138 cm³/mol. The van der Waals surface area contributed by atoms with E-state index >= 15 is 0 Å². The molecule has 2 rings (SSSR count). The summed E-state index contributed by atoms with van der Waals surface area (Å²) in [5.74, 6) is 0. The topological polar surface area (TPSA) is 51.2 Å². The molecule has 7 heteroatoms. The molecule has 32 heavy (non-hydrogen) atoms. The minimum atomic E-state index is -2.10. The van der Waals surface area contributed by atoms with Gasteiger partial charge >= 0.3 is 0 Å². The van der Waals surface area contributed by atoms with Crippen molar-refractivity contribution in [3.05, 3.63) is 35.9 Å². The summed E-state index contributed by atoms with van der Waals surface area (Å²) in [4.78, 5) is 0. The van der Waals surface area contributed by atoms with Crippen molar-refractivity contribution in [1.82, 2.24) is 4.67 Å². The molecule has 1 heterocycles. The Morgan fingerprint density at radius 3 is 2.22 bits per heavy atom. The van der Waals surface area contributed by atoms with Crippen LogP contribution in [0.1, 0.15) is 54.0 Å². The van der Waals surface area contributed by atoms with Gasteiger partial charge in [0.05, 0.1) is 12.7 Å². The molecule has 2 unspecified atom stereocenters. The zero-order valence-electron chi connectivity index (χ0n) is 22.8. The number of benzene rings is 1. The van der Waals surface area contributed by atoms with E-state index in [1.54, 1.807) is 0 Å². The van der Waals surface area contributed by atoms with Gasteiger partial charge in [-0.05, 0) is 58.1 Å². The lowest BCUT2D eigenvalue weighted by molar-refractivity contribution is -0.0151. The normalized spacial score (nSPS) is 26.2. The highest BCUT2D eigenvalue weighted by molar-refractivity contribution is 7.49. The first kappa shape index (κ1) is 26.3. The van der Waals surface area contributed by atoms with Crippen LogP contribution in [0.4, 0.5) is 0 Å². The number of aliphatic hydroxyl groups excluding tert-OH is 1. The first-order valence-corrected chi connectivity index (χ1v) is 16.5. The number of hydrogen-bond acceptors (Lipinski definition) is 5. The van der Waals surface area contributed by atoms with Gasteiger partial charge in [-0.15, -0.1) is 0 Å². The monoisotopic (exact) mass is 484 g/mol. The molecule has 5 nitrogen and oxygen atoms in total. The van der Waals surface area contributed by atoms with Crippen molar-refractivity contribution in [3.63, 3.8) is 0 Å². The van der Waals surface area contributed by atoms with E-state index in [0.29, 0.717) is 18.7 Å². The summed E-state index contributed by atoms with van der Waals surface area (Å²) < 4.78 is 30.0. The fourth-order valence-corrected chi connectivity index (χ4v) is 7.22. The molecule has 184 valence electrons. The van der Waals surface area contributed by atoms with Gasteiger partial charge in [-0.3, -0.25) is 4.67 Å². The van der Waals surface area contributed by atoms with Gasteiger partial charge in [0.25, 0.3) is 0 Å². The number of hydrogen-bond donors (Lipinski definition) is 1. The molecule has 0 aromatic heterocycles. The van der Waals surface area contributed by atoms with Gasteiger partial charge in [-0.2, -0.15) is 0 Å². The highest BCUT2D eigenvalue weighted by Gasteiger charge is 2.49. The summed E-state index contributed by atoms with van der Waals surface area (Å²) in [7, 11) is -2.88. The maximum atomic E-state index is 7.90. The van der Waals surface area contributed by atoms with Gasteiger partial charge in [0.1, 0.15) is 26.6 Å². The van der Waals surface area contributed by atoms with Crippen molar-refractivity contribution in [2.75, 3.05) is 13.3 Å². The molecule has 0 radical (unpaired) electrons. The molecule has 0 aliphatic carbocycles. The van der Waals surface area contributed by atoms with E-state index in [2.05, 4.69) is 85.0 Å². The molecule has 1 saturated heterocycles. The summed E-state index contributed by atoms with van der Waals surface area (Å²) in [6.07, 6.45) is -0.576. The molecule has 1 fully saturated rings. The van der Waals surface area contributed by atoms with Crippen LogP contribution in [0.3, 0.4) is 0 Å². The van der Waals surface area contributed by atoms with E-state index in [1.165, 1.54) is 5.56 Å². The van der Waals surface area contributed by atoms with Crippen molar-refractivity contribution < 1.29 is 18.8 Å². The average Bonchev–Trinajstić information content (AvgIpc) is 3.01. The van der Waals surface area contributed by atoms with Gasteiger partial charge in [0, 0.05) is 18.5 Å². The summed E-state index contributed by atoms with van der Waals surface area (Å²) >= 11 is 0. The van der Waals surface area contributed by atoms with Gasteiger partial charge in [0.15, 0.2) is 8.32 Å². The Morgan fingerprint density at radius 2 is 1.72 bits per heavy atom. The number of nitrogens with zero attached hydrogens (tertiary/aromatic N) is 1. The van der Waals surface area contributed by atoms with E-state index in [-0.39, 0.29) is 23.4 Å². The average molecular weight is 485 g/mol. The number of rotatable bonds is 11. The Kier molecular flexibility index (Phi) is 9.36. The third kappa shape index (κ3) is 7.08. The molecule has 5 atom stereocenters. The predicted octanol–water partition coefficient (Wildman–Crippen LogP) is 5.82. The van der Waals surface area contributed by atoms with Crippen molar-refractivity contribution in [2.45, 2.75) is 110 Å². The Labute approximate surface area is 200 Å². The fourth-order valence-electron chi connectivity index (χ4n) is 4.10. The molecular formula is C25H46NO4PSi. The van der Waals surface area contributed by atoms with E-state index in [0.717, 1.165) is 6.42 Å². The van der Waals surface area contributed by atoms with Crippen LogP contribution in [0.2, 0.25) is 18.1 Å². The number of ether oxygens (including phenoxy) is 1. The fraction of sp³-hybridized carbons (Fsp3) is 0.760. The molecule has 0 saturated carbocycles. The van der Waals surface area contributed by atoms with Gasteiger partial charge in [-0.25, -0.2) is 0 Å². The molecule has 1 N–H and O–H groups in total. The van der Waals surface area contributed by atoms with Crippen molar-refractivity contribution >= 4 is 16.6 Å². The summed E-state index contributed by atoms with van der Waals surface area (Å²) in [5, 5.41) is 5.34. The Morgan fingerprint density at radius 1 is 1.12 bits per heavy atom. The smallest absolute Gasteiger partial charge is 0.211 e. The lowest BCUT2D eigenvalue weighted by Gasteiger charge is -2.40. The second-order valence-electron chi connectivity index (χ2n) is 11.0. The Balaban J connectivity index is 2.22. The van der Waals surface area contributed by atoms with Crippen LogP contribution in [0.25, 0.3) is 0 Å². The second-order valence-corrected chi connectivity index (χ2v) is 17.4. The Bertz CT molecular complexity index is 708. The van der Waals surface area contributed by atoms with E-state index < -0.39 is 22.7 Å². The SMILES string of the molecule is [2H]OC1[C@@H](COP(C)N(C(C)C)C(C)C)O[C@@H](Cc2ccccc2)[C@H]1O[Si](C)(C)C(C)(C)C. The standard InChI is InChI=1S/C25H46NO4PSi/c1-18(2)26(19(3)4)31(8)28-17-22-23(27)24(30-32(9,10)25(5,6)7)21(29-22)16-20-14-12-11-13-15-20/h11-15,18-19,21-24,27H,16-17H2,1-10H3/t21-,22+,23?,24+,31?/m0/s1/i27D. The zero-order valence-corrected chi connectivity index (χ0v) is 23.7. The van der Waals surface area contributed by atoms with Crippen LogP contribution in [0.5, 0.6) is 0 Å². The molecular weight excluding hydrogens is 437 g/mol. The molecule has 0 spiro atoms. The molecule has 1 aromatic carbocycles. The van der Waals surface area contributed by atoms with Crippen LogP contribution in [-0.2, 0) is 20.1 Å². The van der Waals surface area contributed by atoms with E-state index in [9.17, 15) is 0 Å². The van der Waals surface area contributed by atoms with Gasteiger partial charge < -0.3 is 18.8 Å². The first-order valence-electron chi connectivity index (χ1n) is 12.3. The maximum Gasteiger partial charge on any atom is 0.211 e. The van der Waals surface area contributed by atoms with Crippen LogP contribution in [0, 0.1) is 0 Å². The van der Waals surface area contributed by atoms with Crippen molar-refractivity contribution in [3.8, 4) is 0 Å². The largest absolute Gasteiger partial charge is 0.409 e. The lowest BCUT2D eigenvalue weighted by Crippen LogP contribution is -2.49. The first-order chi connectivity index (χ1) is 15.3. The number of aliphatic hydroxyl groups is 1. The van der Waals surface area contributed by atoms with Crippen molar-refractivity contribution in [1.29, 1.82) is 1.43 Å². The van der Waals surface area contributed by atoms with E-state index in [1.807, 2.05) is 18.2 Å². The Hall–Kier alpha value is -0.333. The van der Waals surface area contributed by atoms with Crippen LogP contribution in [-0.4, -0.2) is 69.3 Å². The van der Waals surface area contributed by atoms with Crippen molar-refractivity contribution in [2.24, 2.45) is 0 Å². The summed E-state index contributed by atoms with van der Waals surface area (Å²) in [5.41, 5.74) is 1.19. The third-order valence-electron chi connectivity index (χ3n) is 6.73. The lowest BCUT2D eigenvalue weighted by atomic mass is 10.0.